The first-order valence-electron chi connectivity index (χ1n) is 10.1. The summed E-state index contributed by atoms with van der Waals surface area (Å²) >= 11 is 0. The summed E-state index contributed by atoms with van der Waals surface area (Å²) in [6, 6.07) is 7.25. The van der Waals surface area contributed by atoms with Crippen molar-refractivity contribution in [1.29, 1.82) is 0 Å². The molecule has 0 bridgehead atoms. The van der Waals surface area contributed by atoms with Crippen molar-refractivity contribution in [3.05, 3.63) is 29.8 Å². The third-order valence-corrected chi connectivity index (χ3v) is 5.46. The van der Waals surface area contributed by atoms with Gasteiger partial charge in [-0.25, -0.2) is 4.39 Å². The van der Waals surface area contributed by atoms with Crippen molar-refractivity contribution in [2.24, 2.45) is 0 Å². The van der Waals surface area contributed by atoms with Crippen molar-refractivity contribution in [2.45, 2.75) is 64.3 Å². The molecule has 3 rings (SSSR count). The Morgan fingerprint density at radius 1 is 1.19 bits per heavy atom. The molecule has 1 aromatic carbocycles. The first-order chi connectivity index (χ1) is 12.7. The highest BCUT2D eigenvalue weighted by molar-refractivity contribution is 5.94. The number of likely N-dealkylation sites (tertiary alicyclic amines) is 2. The molecular weight excluding hydrogens is 331 g/mol. The summed E-state index contributed by atoms with van der Waals surface area (Å²) in [5, 5.41) is 0. The average molecular weight is 362 g/mol. The zero-order valence-electron chi connectivity index (χ0n) is 15.8. The van der Waals surface area contributed by atoms with Gasteiger partial charge in [0.1, 0.15) is 5.75 Å². The molecule has 26 heavy (non-hydrogen) atoms. The maximum atomic E-state index is 13.7. The lowest BCUT2D eigenvalue weighted by Gasteiger charge is -2.28. The molecule has 0 aliphatic carbocycles. The number of nitrogens with zero attached hydrogens (tertiary/aromatic N) is 2. The molecule has 5 heteroatoms. The molecule has 2 unspecified atom stereocenters. The molecule has 0 radical (unpaired) electrons. The van der Waals surface area contributed by atoms with Crippen LogP contribution in [0.3, 0.4) is 0 Å². The maximum absolute atomic E-state index is 13.7. The highest BCUT2D eigenvalue weighted by Crippen LogP contribution is 2.24. The van der Waals surface area contributed by atoms with Gasteiger partial charge in [0.2, 0.25) is 6.36 Å². The summed E-state index contributed by atoms with van der Waals surface area (Å²) in [4.78, 5) is 17.4. The average Bonchev–Trinajstić information content (AvgIpc) is 3.32. The molecule has 1 amide bonds. The summed E-state index contributed by atoms with van der Waals surface area (Å²) in [6.45, 7) is 6.18. The van der Waals surface area contributed by atoms with Gasteiger partial charge >= 0.3 is 0 Å². The molecule has 144 valence electrons. The largest absolute Gasteiger partial charge is 0.460 e. The summed E-state index contributed by atoms with van der Waals surface area (Å²) in [5.41, 5.74) is 0.662. The fourth-order valence-corrected chi connectivity index (χ4v) is 3.97. The van der Waals surface area contributed by atoms with E-state index in [1.165, 1.54) is 12.8 Å². The summed E-state index contributed by atoms with van der Waals surface area (Å²) in [7, 11) is 0. The molecule has 0 aromatic heterocycles. The number of amides is 1. The van der Waals surface area contributed by atoms with Gasteiger partial charge in [-0.2, -0.15) is 0 Å². The van der Waals surface area contributed by atoms with Crippen LogP contribution in [0.15, 0.2) is 24.3 Å². The summed E-state index contributed by atoms with van der Waals surface area (Å²) in [6.07, 6.45) is 5.60. The summed E-state index contributed by atoms with van der Waals surface area (Å²) < 4.78 is 19.0. The molecule has 1 aromatic rings. The molecule has 4 nitrogen and oxygen atoms in total. The van der Waals surface area contributed by atoms with Crippen molar-refractivity contribution >= 4 is 5.91 Å². The molecule has 2 saturated heterocycles. The van der Waals surface area contributed by atoms with Crippen molar-refractivity contribution in [2.75, 3.05) is 26.2 Å². The Labute approximate surface area is 156 Å². The van der Waals surface area contributed by atoms with Gasteiger partial charge in [-0.15, -0.1) is 0 Å². The fraction of sp³-hybridized carbons (Fsp3) is 0.667. The quantitative estimate of drug-likeness (QED) is 0.693. The van der Waals surface area contributed by atoms with Gasteiger partial charge in [-0.05, 0) is 69.5 Å². The molecule has 2 fully saturated rings. The molecule has 2 heterocycles. The Balaban J connectivity index is 1.56. The smallest absolute Gasteiger partial charge is 0.254 e. The van der Waals surface area contributed by atoms with E-state index in [0.717, 1.165) is 51.9 Å². The third-order valence-electron chi connectivity index (χ3n) is 5.46. The second kappa shape index (κ2) is 9.36. The number of hydrogen-bond acceptors (Lipinski definition) is 3. The Morgan fingerprint density at radius 3 is 2.62 bits per heavy atom. The van der Waals surface area contributed by atoms with Crippen molar-refractivity contribution in [3.63, 3.8) is 0 Å². The number of carbonyl (C=O) groups is 1. The van der Waals surface area contributed by atoms with E-state index in [1.54, 1.807) is 24.3 Å². The highest BCUT2D eigenvalue weighted by atomic mass is 19.1. The van der Waals surface area contributed by atoms with E-state index >= 15 is 0 Å². The number of ether oxygens (including phenoxy) is 1. The zero-order valence-corrected chi connectivity index (χ0v) is 15.8. The minimum atomic E-state index is -1.28. The third kappa shape index (κ3) is 4.97. The minimum Gasteiger partial charge on any atom is -0.460 e. The van der Waals surface area contributed by atoms with E-state index in [4.69, 9.17) is 4.74 Å². The lowest BCUT2D eigenvalue weighted by atomic mass is 10.1. The number of halogens is 1. The second-order valence-corrected chi connectivity index (χ2v) is 7.50. The summed E-state index contributed by atoms with van der Waals surface area (Å²) in [5.74, 6) is 0.571. The number of alkyl halides is 1. The number of benzene rings is 1. The number of unbranched alkanes of at least 4 members (excludes halogenated alkanes) is 1. The van der Waals surface area contributed by atoms with Crippen LogP contribution >= 0.6 is 0 Å². The molecule has 2 aliphatic heterocycles. The van der Waals surface area contributed by atoms with Gasteiger partial charge in [0.25, 0.3) is 5.91 Å². The van der Waals surface area contributed by atoms with Crippen molar-refractivity contribution in [3.8, 4) is 5.75 Å². The van der Waals surface area contributed by atoms with Crippen LogP contribution in [0.25, 0.3) is 0 Å². The van der Waals surface area contributed by atoms with Gasteiger partial charge in [0.05, 0.1) is 0 Å². The molecule has 0 saturated carbocycles. The van der Waals surface area contributed by atoms with E-state index in [0.29, 0.717) is 23.8 Å². The van der Waals surface area contributed by atoms with Crippen LogP contribution in [-0.2, 0) is 0 Å². The fourth-order valence-electron chi connectivity index (χ4n) is 3.97. The van der Waals surface area contributed by atoms with Gasteiger partial charge in [0, 0.05) is 31.1 Å². The topological polar surface area (TPSA) is 32.8 Å². The first-order valence-corrected chi connectivity index (χ1v) is 10.1. The van der Waals surface area contributed by atoms with Gasteiger partial charge < -0.3 is 14.5 Å². The van der Waals surface area contributed by atoms with Crippen molar-refractivity contribution < 1.29 is 13.9 Å². The monoisotopic (exact) mass is 362 g/mol. The van der Waals surface area contributed by atoms with Crippen LogP contribution in [0.2, 0.25) is 0 Å². The van der Waals surface area contributed by atoms with Crippen LogP contribution in [-0.4, -0.2) is 54.3 Å². The van der Waals surface area contributed by atoms with E-state index < -0.39 is 6.36 Å². The Hall–Kier alpha value is -1.62. The van der Waals surface area contributed by atoms with Crippen molar-refractivity contribution in [1.82, 2.24) is 9.80 Å². The number of rotatable bonds is 8. The first kappa shape index (κ1) is 19.2. The predicted octanol–water partition coefficient (Wildman–Crippen LogP) is 4.25. The van der Waals surface area contributed by atoms with Crippen LogP contribution < -0.4 is 4.74 Å². The highest BCUT2D eigenvalue weighted by Gasteiger charge is 2.31. The van der Waals surface area contributed by atoms with E-state index in [-0.39, 0.29) is 5.91 Å². The standard InChI is InChI=1S/C21H31FN2O2/c1-2-3-8-20(22)26-19-11-9-17(10-12-19)21(25)24-15-6-7-18(24)16-23-13-4-5-14-23/h9-12,18,20H,2-8,13-16H2,1H3. The van der Waals surface area contributed by atoms with Crippen LogP contribution in [0, 0.1) is 0 Å². The lowest BCUT2D eigenvalue weighted by molar-refractivity contribution is 0.0574. The SMILES string of the molecule is CCCCC(F)Oc1ccc(C(=O)N2CCCC2CN2CCCC2)cc1. The second-order valence-electron chi connectivity index (χ2n) is 7.50. The van der Waals surface area contributed by atoms with Crippen LogP contribution in [0.5, 0.6) is 5.75 Å². The van der Waals surface area contributed by atoms with Gasteiger partial charge in [0.15, 0.2) is 0 Å². The molecule has 2 atom stereocenters. The van der Waals surface area contributed by atoms with Gasteiger partial charge in [-0.3, -0.25) is 4.79 Å². The van der Waals surface area contributed by atoms with Crippen LogP contribution in [0.1, 0.15) is 62.2 Å². The lowest BCUT2D eigenvalue weighted by Crippen LogP contribution is -2.42. The Bertz CT molecular complexity index is 572. The van der Waals surface area contributed by atoms with E-state index in [1.807, 2.05) is 11.8 Å². The number of carbonyl (C=O) groups excluding carboxylic acids is 1. The molecular formula is C21H31FN2O2. The molecule has 0 N–H and O–H groups in total. The van der Waals surface area contributed by atoms with Gasteiger partial charge in [-0.1, -0.05) is 13.3 Å². The van der Waals surface area contributed by atoms with E-state index in [2.05, 4.69) is 4.90 Å². The minimum absolute atomic E-state index is 0.0843. The molecule has 0 spiro atoms. The van der Waals surface area contributed by atoms with Crippen LogP contribution in [0.4, 0.5) is 4.39 Å². The maximum Gasteiger partial charge on any atom is 0.254 e. The zero-order chi connectivity index (χ0) is 18.4. The Morgan fingerprint density at radius 2 is 1.92 bits per heavy atom. The van der Waals surface area contributed by atoms with E-state index in [9.17, 15) is 9.18 Å². The normalized spacial score (nSPS) is 21.9. The predicted molar refractivity (Wildman–Crippen MR) is 101 cm³/mol. The Kier molecular flexibility index (Phi) is 6.89. The molecule has 2 aliphatic rings. The number of hydrogen-bond donors (Lipinski definition) is 0.